The van der Waals surface area contributed by atoms with Gasteiger partial charge in [-0.2, -0.15) is 0 Å². The van der Waals surface area contributed by atoms with Gasteiger partial charge in [-0.15, -0.1) is 0 Å². The number of rotatable bonds is 9. The average molecular weight is 268 g/mol. The Balaban J connectivity index is 2.16. The van der Waals surface area contributed by atoms with Gasteiger partial charge in [-0.05, 0) is 51.7 Å². The molecule has 2 atom stereocenters. The van der Waals surface area contributed by atoms with Crippen LogP contribution in [-0.4, -0.2) is 49.6 Å². The Kier molecular flexibility index (Phi) is 7.87. The summed E-state index contributed by atoms with van der Waals surface area (Å²) in [7, 11) is 0. The van der Waals surface area contributed by atoms with Crippen molar-refractivity contribution in [2.24, 2.45) is 10.9 Å². The van der Waals surface area contributed by atoms with Crippen LogP contribution in [0.15, 0.2) is 4.99 Å². The van der Waals surface area contributed by atoms with E-state index in [2.05, 4.69) is 48.2 Å². The van der Waals surface area contributed by atoms with Gasteiger partial charge in [0, 0.05) is 19.1 Å². The normalized spacial score (nSPS) is 22.7. The van der Waals surface area contributed by atoms with Crippen LogP contribution in [0.2, 0.25) is 0 Å². The van der Waals surface area contributed by atoms with Crippen LogP contribution in [0.4, 0.5) is 0 Å². The Morgan fingerprint density at radius 1 is 1.21 bits per heavy atom. The van der Waals surface area contributed by atoms with E-state index in [0.29, 0.717) is 6.04 Å². The van der Waals surface area contributed by atoms with Crippen LogP contribution in [0.3, 0.4) is 0 Å². The van der Waals surface area contributed by atoms with E-state index in [4.69, 9.17) is 0 Å². The number of hydrogen-bond donors (Lipinski definition) is 2. The smallest absolute Gasteiger partial charge is 0.191 e. The zero-order valence-corrected chi connectivity index (χ0v) is 13.2. The van der Waals surface area contributed by atoms with Crippen LogP contribution in [-0.2, 0) is 0 Å². The first kappa shape index (κ1) is 16.3. The molecule has 0 heterocycles. The molecule has 0 aromatic heterocycles. The van der Waals surface area contributed by atoms with Crippen molar-refractivity contribution in [3.05, 3.63) is 0 Å². The number of unbranched alkanes of at least 4 members (excludes halogenated alkanes) is 1. The zero-order valence-electron chi connectivity index (χ0n) is 13.2. The molecule has 2 N–H and O–H groups in total. The van der Waals surface area contributed by atoms with E-state index in [-0.39, 0.29) is 0 Å². The molecule has 1 rings (SSSR count). The van der Waals surface area contributed by atoms with Gasteiger partial charge in [0.2, 0.25) is 0 Å². The first-order valence-corrected chi connectivity index (χ1v) is 7.98. The Labute approximate surface area is 119 Å². The highest BCUT2D eigenvalue weighted by Crippen LogP contribution is 2.28. The summed E-state index contributed by atoms with van der Waals surface area (Å²) >= 11 is 0. The molecule has 0 amide bonds. The van der Waals surface area contributed by atoms with Gasteiger partial charge >= 0.3 is 0 Å². The molecule has 4 nitrogen and oxygen atoms in total. The van der Waals surface area contributed by atoms with E-state index >= 15 is 0 Å². The van der Waals surface area contributed by atoms with E-state index in [1.54, 1.807) is 0 Å². The first-order valence-electron chi connectivity index (χ1n) is 7.98. The number of nitrogens with zero attached hydrogens (tertiary/aromatic N) is 2. The van der Waals surface area contributed by atoms with Crippen molar-refractivity contribution in [1.29, 1.82) is 0 Å². The molecule has 112 valence electrons. The highest BCUT2D eigenvalue weighted by molar-refractivity contribution is 5.80. The third kappa shape index (κ3) is 6.81. The lowest BCUT2D eigenvalue weighted by Crippen LogP contribution is -2.39. The molecule has 4 heteroatoms. The maximum atomic E-state index is 4.65. The van der Waals surface area contributed by atoms with Gasteiger partial charge in [0.25, 0.3) is 0 Å². The lowest BCUT2D eigenvalue weighted by atomic mass is 10.3. The third-order valence-electron chi connectivity index (χ3n) is 3.82. The second kappa shape index (κ2) is 9.18. The molecule has 1 aliphatic carbocycles. The van der Waals surface area contributed by atoms with Gasteiger partial charge in [0.05, 0.1) is 0 Å². The predicted octanol–water partition coefficient (Wildman–Crippen LogP) is 2.07. The molecule has 19 heavy (non-hydrogen) atoms. The van der Waals surface area contributed by atoms with Crippen molar-refractivity contribution in [3.8, 4) is 0 Å². The van der Waals surface area contributed by atoms with Crippen LogP contribution < -0.4 is 10.6 Å². The monoisotopic (exact) mass is 268 g/mol. The molecule has 0 saturated heterocycles. The number of guanidine groups is 1. The summed E-state index contributed by atoms with van der Waals surface area (Å²) < 4.78 is 0. The number of aliphatic imine (C=N–C) groups is 1. The predicted molar refractivity (Wildman–Crippen MR) is 83.7 cm³/mol. The molecule has 0 spiro atoms. The van der Waals surface area contributed by atoms with Crippen LogP contribution in [0.1, 0.15) is 47.0 Å². The molecule has 0 aliphatic heterocycles. The Hall–Kier alpha value is -0.770. The molecule has 2 unspecified atom stereocenters. The SMILES string of the molecule is CCNC(=NCCCCN(CC)CC)NC1CC1C. The maximum Gasteiger partial charge on any atom is 0.191 e. The standard InChI is InChI=1S/C15H32N4/c1-5-16-15(18-14-12-13(14)4)17-10-8-9-11-19(6-2)7-3/h13-14H,5-12H2,1-4H3,(H2,16,17,18). The highest BCUT2D eigenvalue weighted by Gasteiger charge is 2.33. The minimum absolute atomic E-state index is 0.647. The molecule has 0 bridgehead atoms. The topological polar surface area (TPSA) is 39.7 Å². The number of hydrogen-bond acceptors (Lipinski definition) is 2. The fourth-order valence-corrected chi connectivity index (χ4v) is 2.20. The second-order valence-electron chi connectivity index (χ2n) is 5.46. The van der Waals surface area contributed by atoms with E-state index < -0.39 is 0 Å². The molecular formula is C15H32N4. The van der Waals surface area contributed by atoms with Gasteiger partial charge in [0.15, 0.2) is 5.96 Å². The quantitative estimate of drug-likeness (QED) is 0.382. The van der Waals surface area contributed by atoms with Crippen molar-refractivity contribution in [3.63, 3.8) is 0 Å². The minimum atomic E-state index is 0.647. The molecule has 0 aromatic rings. The van der Waals surface area contributed by atoms with Gasteiger partial charge in [-0.1, -0.05) is 20.8 Å². The second-order valence-corrected chi connectivity index (χ2v) is 5.46. The van der Waals surface area contributed by atoms with E-state index in [0.717, 1.165) is 38.1 Å². The van der Waals surface area contributed by atoms with Crippen LogP contribution >= 0.6 is 0 Å². The largest absolute Gasteiger partial charge is 0.357 e. The van der Waals surface area contributed by atoms with Crippen molar-refractivity contribution >= 4 is 5.96 Å². The molecular weight excluding hydrogens is 236 g/mol. The van der Waals surface area contributed by atoms with Crippen LogP contribution in [0.25, 0.3) is 0 Å². The highest BCUT2D eigenvalue weighted by atomic mass is 15.2. The first-order chi connectivity index (χ1) is 9.21. The lowest BCUT2D eigenvalue weighted by molar-refractivity contribution is 0.297. The Morgan fingerprint density at radius 2 is 1.89 bits per heavy atom. The fourth-order valence-electron chi connectivity index (χ4n) is 2.20. The van der Waals surface area contributed by atoms with E-state index in [1.807, 2.05) is 0 Å². The van der Waals surface area contributed by atoms with Crippen LogP contribution in [0.5, 0.6) is 0 Å². The number of nitrogens with one attached hydrogen (secondary N) is 2. The Bertz CT molecular complexity index is 261. The zero-order chi connectivity index (χ0) is 14.1. The van der Waals surface area contributed by atoms with Gasteiger partial charge in [0.1, 0.15) is 0 Å². The van der Waals surface area contributed by atoms with Crippen molar-refractivity contribution in [2.45, 2.75) is 53.0 Å². The van der Waals surface area contributed by atoms with Crippen LogP contribution in [0, 0.1) is 5.92 Å². The van der Waals surface area contributed by atoms with Crippen molar-refractivity contribution < 1.29 is 0 Å². The molecule has 0 aromatic carbocycles. The third-order valence-corrected chi connectivity index (χ3v) is 3.82. The molecule has 1 saturated carbocycles. The summed E-state index contributed by atoms with van der Waals surface area (Å²) in [6.07, 6.45) is 3.70. The molecule has 1 fully saturated rings. The van der Waals surface area contributed by atoms with Crippen molar-refractivity contribution in [1.82, 2.24) is 15.5 Å². The average Bonchev–Trinajstić information content (AvgIpc) is 3.09. The van der Waals surface area contributed by atoms with E-state index in [1.165, 1.54) is 25.8 Å². The molecule has 1 aliphatic rings. The summed E-state index contributed by atoms with van der Waals surface area (Å²) in [4.78, 5) is 7.12. The Morgan fingerprint density at radius 3 is 2.42 bits per heavy atom. The molecule has 0 radical (unpaired) electrons. The van der Waals surface area contributed by atoms with Gasteiger partial charge in [-0.25, -0.2) is 0 Å². The fraction of sp³-hybridized carbons (Fsp3) is 0.933. The van der Waals surface area contributed by atoms with Gasteiger partial charge < -0.3 is 15.5 Å². The summed E-state index contributed by atoms with van der Waals surface area (Å²) in [5, 5.41) is 6.82. The van der Waals surface area contributed by atoms with E-state index in [9.17, 15) is 0 Å². The minimum Gasteiger partial charge on any atom is -0.357 e. The summed E-state index contributed by atoms with van der Waals surface area (Å²) in [6, 6.07) is 0.647. The summed E-state index contributed by atoms with van der Waals surface area (Å²) in [5.41, 5.74) is 0. The van der Waals surface area contributed by atoms with Crippen molar-refractivity contribution in [2.75, 3.05) is 32.7 Å². The summed E-state index contributed by atoms with van der Waals surface area (Å²) in [6.45, 7) is 14.2. The summed E-state index contributed by atoms with van der Waals surface area (Å²) in [5.74, 6) is 1.81. The maximum absolute atomic E-state index is 4.65. The van der Waals surface area contributed by atoms with Gasteiger partial charge in [-0.3, -0.25) is 4.99 Å². The lowest BCUT2D eigenvalue weighted by Gasteiger charge is -2.17.